The van der Waals surface area contributed by atoms with Crippen LogP contribution in [0, 0.1) is 5.92 Å². The van der Waals surface area contributed by atoms with Gasteiger partial charge in [-0.25, -0.2) is 0 Å². The number of aromatic nitrogens is 3. The fraction of sp³-hybridized carbons (Fsp3) is 0.321. The molecule has 5 nitrogen and oxygen atoms in total. The maximum Gasteiger partial charge on any atom is 0.254 e. The quantitative estimate of drug-likeness (QED) is 0.437. The van der Waals surface area contributed by atoms with E-state index in [1.807, 2.05) is 47.4 Å². The molecule has 0 unspecified atom stereocenters. The number of rotatable bonds is 5. The van der Waals surface area contributed by atoms with Crippen molar-refractivity contribution < 1.29 is 4.79 Å². The molecule has 4 aromatic rings. The van der Waals surface area contributed by atoms with Crippen molar-refractivity contribution >= 4 is 16.8 Å². The molecule has 2 aliphatic rings. The number of nitrogens with zero attached hydrogens (tertiary/aromatic N) is 4. The van der Waals surface area contributed by atoms with E-state index in [9.17, 15) is 4.79 Å². The summed E-state index contributed by atoms with van der Waals surface area (Å²) >= 11 is 0. The predicted molar refractivity (Wildman–Crippen MR) is 129 cm³/mol. The van der Waals surface area contributed by atoms with Crippen molar-refractivity contribution in [3.63, 3.8) is 0 Å². The van der Waals surface area contributed by atoms with Crippen LogP contribution >= 0.6 is 0 Å². The highest BCUT2D eigenvalue weighted by Crippen LogP contribution is 2.41. The summed E-state index contributed by atoms with van der Waals surface area (Å²) in [5.41, 5.74) is 4.31. The van der Waals surface area contributed by atoms with Crippen molar-refractivity contribution in [3.8, 4) is 0 Å². The van der Waals surface area contributed by atoms with Crippen LogP contribution in [0.5, 0.6) is 0 Å². The van der Waals surface area contributed by atoms with Crippen molar-refractivity contribution in [2.45, 2.75) is 50.7 Å². The Morgan fingerprint density at radius 2 is 1.70 bits per heavy atom. The third kappa shape index (κ3) is 3.82. The number of carbonyl (C=O) groups is 1. The topological polar surface area (TPSA) is 51.0 Å². The molecule has 0 spiro atoms. The SMILES string of the molecule is O=C(c1ccccc1Cn1cccn1)N1[C@H]2CC[C@H]1CC(Cc1cccc3ncccc13)C2. The molecule has 0 radical (unpaired) electrons. The van der Waals surface area contributed by atoms with Crippen molar-refractivity contribution in [2.75, 3.05) is 0 Å². The summed E-state index contributed by atoms with van der Waals surface area (Å²) in [5, 5.41) is 5.59. The van der Waals surface area contributed by atoms with Gasteiger partial charge in [0.05, 0.1) is 12.1 Å². The number of benzene rings is 2. The van der Waals surface area contributed by atoms with Crippen LogP contribution in [0.2, 0.25) is 0 Å². The lowest BCUT2D eigenvalue weighted by atomic mass is 9.84. The van der Waals surface area contributed by atoms with Crippen LogP contribution in [0.15, 0.2) is 79.3 Å². The van der Waals surface area contributed by atoms with Gasteiger partial charge in [0.1, 0.15) is 0 Å². The zero-order valence-electron chi connectivity index (χ0n) is 18.7. The summed E-state index contributed by atoms with van der Waals surface area (Å²) < 4.78 is 1.88. The van der Waals surface area contributed by atoms with Gasteiger partial charge in [0, 0.05) is 41.6 Å². The Bertz CT molecular complexity index is 1260. The van der Waals surface area contributed by atoms with Gasteiger partial charge in [-0.2, -0.15) is 5.10 Å². The smallest absolute Gasteiger partial charge is 0.254 e. The Kier molecular flexibility index (Phi) is 5.17. The maximum atomic E-state index is 13.7. The summed E-state index contributed by atoms with van der Waals surface area (Å²) in [6.45, 7) is 0.621. The van der Waals surface area contributed by atoms with Crippen LogP contribution in [0.3, 0.4) is 0 Å². The van der Waals surface area contributed by atoms with E-state index in [2.05, 4.69) is 45.3 Å². The van der Waals surface area contributed by atoms with Crippen LogP contribution in [-0.4, -0.2) is 37.7 Å². The molecule has 2 aromatic heterocycles. The van der Waals surface area contributed by atoms with E-state index in [0.717, 1.165) is 48.7 Å². The van der Waals surface area contributed by atoms with E-state index in [0.29, 0.717) is 24.5 Å². The lowest BCUT2D eigenvalue weighted by Crippen LogP contribution is -2.47. The second-order valence-electron chi connectivity index (χ2n) is 9.49. The van der Waals surface area contributed by atoms with Gasteiger partial charge >= 0.3 is 0 Å². The Balaban J connectivity index is 1.21. The molecule has 4 heterocycles. The van der Waals surface area contributed by atoms with Crippen LogP contribution in [0.1, 0.15) is 47.2 Å². The highest BCUT2D eigenvalue weighted by Gasteiger charge is 2.43. The van der Waals surface area contributed by atoms with Crippen molar-refractivity contribution in [1.82, 2.24) is 19.7 Å². The number of piperidine rings is 1. The van der Waals surface area contributed by atoms with Gasteiger partial charge in [-0.15, -0.1) is 0 Å². The average molecular weight is 437 g/mol. The van der Waals surface area contributed by atoms with Crippen LogP contribution < -0.4 is 0 Å². The Morgan fingerprint density at radius 3 is 2.52 bits per heavy atom. The predicted octanol–water partition coefficient (Wildman–Crippen LogP) is 5.11. The molecule has 0 saturated carbocycles. The minimum atomic E-state index is 0.193. The molecule has 166 valence electrons. The van der Waals surface area contributed by atoms with Gasteiger partial charge in [0.2, 0.25) is 0 Å². The first kappa shape index (κ1) is 20.2. The Morgan fingerprint density at radius 1 is 0.879 bits per heavy atom. The van der Waals surface area contributed by atoms with E-state index in [-0.39, 0.29) is 5.91 Å². The van der Waals surface area contributed by atoms with Crippen LogP contribution in [0.4, 0.5) is 0 Å². The molecule has 2 fully saturated rings. The molecule has 0 aliphatic carbocycles. The van der Waals surface area contributed by atoms with Gasteiger partial charge in [-0.3, -0.25) is 14.5 Å². The van der Waals surface area contributed by atoms with Crippen LogP contribution in [0.25, 0.3) is 10.9 Å². The molecular weight excluding hydrogens is 408 g/mol. The fourth-order valence-corrected chi connectivity index (χ4v) is 6.02. The molecule has 33 heavy (non-hydrogen) atoms. The van der Waals surface area contributed by atoms with Gasteiger partial charge < -0.3 is 4.90 Å². The highest BCUT2D eigenvalue weighted by atomic mass is 16.2. The monoisotopic (exact) mass is 436 g/mol. The normalized spacial score (nSPS) is 22.1. The summed E-state index contributed by atoms with van der Waals surface area (Å²) in [4.78, 5) is 20.5. The van der Waals surface area contributed by atoms with E-state index in [4.69, 9.17) is 0 Å². The molecule has 6 rings (SSSR count). The first-order valence-corrected chi connectivity index (χ1v) is 12.0. The molecule has 2 aliphatic heterocycles. The lowest BCUT2D eigenvalue weighted by Gasteiger charge is -2.39. The number of amides is 1. The molecule has 2 atom stereocenters. The number of pyridine rings is 1. The largest absolute Gasteiger partial charge is 0.333 e. The van der Waals surface area contributed by atoms with E-state index in [1.165, 1.54) is 10.9 Å². The highest BCUT2D eigenvalue weighted by molar-refractivity contribution is 5.96. The fourth-order valence-electron chi connectivity index (χ4n) is 6.02. The molecule has 2 aromatic carbocycles. The standard InChI is InChI=1S/C28H28N4O/c33-28(26-8-2-1-6-22(26)19-31-15-5-14-30-31)32-23-11-12-24(32)18-20(17-23)16-21-7-3-10-27-25(21)9-4-13-29-27/h1-10,13-15,20,23-24H,11-12,16-19H2/t23-,24-/m0/s1. The molecule has 2 saturated heterocycles. The molecular formula is C28H28N4O. The molecule has 2 bridgehead atoms. The Labute approximate surface area is 194 Å². The zero-order chi connectivity index (χ0) is 22.2. The second-order valence-corrected chi connectivity index (χ2v) is 9.49. The van der Waals surface area contributed by atoms with Crippen LogP contribution in [-0.2, 0) is 13.0 Å². The molecule has 0 N–H and O–H groups in total. The maximum absolute atomic E-state index is 13.7. The minimum absolute atomic E-state index is 0.193. The summed E-state index contributed by atoms with van der Waals surface area (Å²) in [6, 6.07) is 21.3. The van der Waals surface area contributed by atoms with E-state index < -0.39 is 0 Å². The summed E-state index contributed by atoms with van der Waals surface area (Å²) in [7, 11) is 0. The van der Waals surface area contributed by atoms with Gasteiger partial charge in [0.15, 0.2) is 0 Å². The molecule has 1 amide bonds. The number of carbonyl (C=O) groups excluding carboxylic acids is 1. The second kappa shape index (κ2) is 8.47. The average Bonchev–Trinajstić information content (AvgIpc) is 3.45. The lowest BCUT2D eigenvalue weighted by molar-refractivity contribution is 0.0523. The first-order chi connectivity index (χ1) is 16.3. The molecule has 5 heteroatoms. The van der Waals surface area contributed by atoms with Gasteiger partial charge in [-0.1, -0.05) is 36.4 Å². The zero-order valence-corrected chi connectivity index (χ0v) is 18.7. The summed E-state index contributed by atoms with van der Waals surface area (Å²) in [5.74, 6) is 0.801. The van der Waals surface area contributed by atoms with Gasteiger partial charge in [0.25, 0.3) is 5.91 Å². The van der Waals surface area contributed by atoms with E-state index >= 15 is 0 Å². The van der Waals surface area contributed by atoms with E-state index in [1.54, 1.807) is 6.20 Å². The third-order valence-electron chi connectivity index (χ3n) is 7.45. The van der Waals surface area contributed by atoms with Crippen molar-refractivity contribution in [1.29, 1.82) is 0 Å². The van der Waals surface area contributed by atoms with Crippen molar-refractivity contribution in [2.24, 2.45) is 5.92 Å². The number of hydrogen-bond donors (Lipinski definition) is 0. The van der Waals surface area contributed by atoms with Gasteiger partial charge in [-0.05, 0) is 73.4 Å². The number of hydrogen-bond acceptors (Lipinski definition) is 3. The summed E-state index contributed by atoms with van der Waals surface area (Å²) in [6.07, 6.45) is 11.0. The first-order valence-electron chi connectivity index (χ1n) is 12.0. The Hall–Kier alpha value is -3.47. The minimum Gasteiger partial charge on any atom is -0.333 e. The number of fused-ring (bicyclic) bond motifs is 3. The van der Waals surface area contributed by atoms with Crippen molar-refractivity contribution in [3.05, 3.63) is 95.9 Å². The third-order valence-corrected chi connectivity index (χ3v) is 7.45.